The molecule has 4 heteroatoms. The van der Waals surface area contributed by atoms with E-state index in [1.807, 2.05) is 6.92 Å². The minimum Gasteiger partial charge on any atom is -0.330 e. The fraction of sp³-hybridized carbons (Fsp3) is 0.818. The lowest BCUT2D eigenvalue weighted by atomic mass is 9.95. The van der Waals surface area contributed by atoms with Crippen LogP contribution in [-0.4, -0.2) is 21.3 Å². The molecule has 4 nitrogen and oxygen atoms in total. The first-order valence-corrected chi connectivity index (χ1v) is 5.93. The van der Waals surface area contributed by atoms with Crippen molar-refractivity contribution in [2.45, 2.75) is 51.5 Å². The van der Waals surface area contributed by atoms with Crippen molar-refractivity contribution in [3.63, 3.8) is 0 Å². The summed E-state index contributed by atoms with van der Waals surface area (Å²) in [4.78, 5) is 0. The van der Waals surface area contributed by atoms with E-state index >= 15 is 0 Å². The van der Waals surface area contributed by atoms with Crippen LogP contribution >= 0.6 is 0 Å². The molecule has 2 N–H and O–H groups in total. The van der Waals surface area contributed by atoms with Crippen LogP contribution in [0.3, 0.4) is 0 Å². The molecule has 1 aromatic heterocycles. The molecule has 1 aromatic rings. The van der Waals surface area contributed by atoms with Gasteiger partial charge in [-0.15, -0.1) is 10.2 Å². The van der Waals surface area contributed by atoms with Crippen molar-refractivity contribution in [1.29, 1.82) is 0 Å². The molecule has 0 atom stereocenters. The highest BCUT2D eigenvalue weighted by molar-refractivity contribution is 4.98. The second kappa shape index (κ2) is 4.75. The van der Waals surface area contributed by atoms with Crippen LogP contribution in [0.2, 0.25) is 0 Å². The van der Waals surface area contributed by atoms with Gasteiger partial charge in [0.1, 0.15) is 11.6 Å². The fourth-order valence-electron chi connectivity index (χ4n) is 2.53. The van der Waals surface area contributed by atoms with Crippen molar-refractivity contribution in [2.75, 3.05) is 6.54 Å². The molecule has 1 saturated carbocycles. The van der Waals surface area contributed by atoms with Crippen LogP contribution in [0.1, 0.15) is 49.8 Å². The molecule has 0 spiro atoms. The number of hydrogen-bond donors (Lipinski definition) is 1. The third kappa shape index (κ3) is 2.20. The van der Waals surface area contributed by atoms with Gasteiger partial charge in [-0.05, 0) is 26.3 Å². The number of aryl methyl sites for hydroxylation is 1. The Balaban J connectivity index is 2.19. The summed E-state index contributed by atoms with van der Waals surface area (Å²) >= 11 is 0. The van der Waals surface area contributed by atoms with Crippen molar-refractivity contribution in [3.8, 4) is 0 Å². The largest absolute Gasteiger partial charge is 0.330 e. The fourth-order valence-corrected chi connectivity index (χ4v) is 2.53. The van der Waals surface area contributed by atoms with E-state index in [1.54, 1.807) is 0 Å². The average Bonchev–Trinajstić information content (AvgIpc) is 2.62. The van der Waals surface area contributed by atoms with Gasteiger partial charge in [0.2, 0.25) is 0 Å². The van der Waals surface area contributed by atoms with Gasteiger partial charge in [-0.2, -0.15) is 0 Å². The van der Waals surface area contributed by atoms with Crippen LogP contribution in [-0.2, 0) is 6.42 Å². The molecular weight excluding hydrogens is 188 g/mol. The van der Waals surface area contributed by atoms with Crippen LogP contribution in [0.5, 0.6) is 0 Å². The smallest absolute Gasteiger partial charge is 0.134 e. The number of hydrogen-bond acceptors (Lipinski definition) is 3. The Morgan fingerprint density at radius 1 is 1.27 bits per heavy atom. The number of rotatable bonds is 3. The summed E-state index contributed by atoms with van der Waals surface area (Å²) in [6, 6.07) is 0.621. The lowest BCUT2D eigenvalue weighted by Crippen LogP contribution is -2.18. The summed E-state index contributed by atoms with van der Waals surface area (Å²) in [6.45, 7) is 2.70. The summed E-state index contributed by atoms with van der Waals surface area (Å²) < 4.78 is 2.31. The van der Waals surface area contributed by atoms with Gasteiger partial charge in [0.25, 0.3) is 0 Å². The summed E-state index contributed by atoms with van der Waals surface area (Å²) in [5.74, 6) is 2.12. The highest BCUT2D eigenvalue weighted by Crippen LogP contribution is 2.29. The van der Waals surface area contributed by atoms with Gasteiger partial charge in [-0.25, -0.2) is 0 Å². The Morgan fingerprint density at radius 2 is 2.00 bits per heavy atom. The third-order valence-electron chi connectivity index (χ3n) is 3.24. The zero-order chi connectivity index (χ0) is 10.7. The van der Waals surface area contributed by atoms with Crippen molar-refractivity contribution in [1.82, 2.24) is 14.8 Å². The van der Waals surface area contributed by atoms with Crippen LogP contribution in [0, 0.1) is 6.92 Å². The Hall–Kier alpha value is -0.900. The topological polar surface area (TPSA) is 56.7 Å². The standard InChI is InChI=1S/C11H20N4/c1-9-13-14-11(7-8-12)15(9)10-5-3-2-4-6-10/h10H,2-8,12H2,1H3. The van der Waals surface area contributed by atoms with E-state index < -0.39 is 0 Å². The molecule has 0 unspecified atom stereocenters. The Labute approximate surface area is 90.9 Å². The first-order chi connectivity index (χ1) is 7.33. The van der Waals surface area contributed by atoms with Crippen molar-refractivity contribution < 1.29 is 0 Å². The lowest BCUT2D eigenvalue weighted by Gasteiger charge is -2.25. The molecule has 0 saturated heterocycles. The second-order valence-electron chi connectivity index (χ2n) is 4.36. The number of nitrogens with two attached hydrogens (primary N) is 1. The van der Waals surface area contributed by atoms with E-state index in [-0.39, 0.29) is 0 Å². The summed E-state index contributed by atoms with van der Waals surface area (Å²) in [5, 5.41) is 8.38. The number of aromatic nitrogens is 3. The molecule has 0 radical (unpaired) electrons. The summed E-state index contributed by atoms with van der Waals surface area (Å²) in [5.41, 5.74) is 5.59. The summed E-state index contributed by atoms with van der Waals surface area (Å²) in [7, 11) is 0. The maximum atomic E-state index is 5.59. The van der Waals surface area contributed by atoms with E-state index in [0.717, 1.165) is 18.1 Å². The maximum absolute atomic E-state index is 5.59. The van der Waals surface area contributed by atoms with E-state index in [1.165, 1.54) is 32.1 Å². The van der Waals surface area contributed by atoms with Crippen molar-refractivity contribution in [3.05, 3.63) is 11.6 Å². The first kappa shape index (κ1) is 10.6. The van der Waals surface area contributed by atoms with Crippen molar-refractivity contribution in [2.24, 2.45) is 5.73 Å². The molecule has 0 aliphatic heterocycles. The highest BCUT2D eigenvalue weighted by atomic mass is 15.3. The normalized spacial score (nSPS) is 18.3. The third-order valence-corrected chi connectivity index (χ3v) is 3.24. The molecule has 2 rings (SSSR count). The molecule has 1 fully saturated rings. The highest BCUT2D eigenvalue weighted by Gasteiger charge is 2.20. The number of nitrogens with zero attached hydrogens (tertiary/aromatic N) is 3. The first-order valence-electron chi connectivity index (χ1n) is 5.93. The van der Waals surface area contributed by atoms with Crippen molar-refractivity contribution >= 4 is 0 Å². The maximum Gasteiger partial charge on any atom is 0.134 e. The molecular formula is C11H20N4. The van der Waals surface area contributed by atoms with Gasteiger partial charge < -0.3 is 10.3 Å². The zero-order valence-corrected chi connectivity index (χ0v) is 9.45. The van der Waals surface area contributed by atoms with E-state index in [0.29, 0.717) is 12.6 Å². The van der Waals surface area contributed by atoms with Crippen LogP contribution < -0.4 is 5.73 Å². The zero-order valence-electron chi connectivity index (χ0n) is 9.45. The van der Waals surface area contributed by atoms with Gasteiger partial charge in [0.05, 0.1) is 0 Å². The predicted octanol–water partition coefficient (Wildman–Crippen LogP) is 1.59. The monoisotopic (exact) mass is 208 g/mol. The van der Waals surface area contributed by atoms with Crippen LogP contribution in [0.4, 0.5) is 0 Å². The minimum atomic E-state index is 0.621. The van der Waals surface area contributed by atoms with E-state index in [9.17, 15) is 0 Å². The Morgan fingerprint density at radius 3 is 2.67 bits per heavy atom. The quantitative estimate of drug-likeness (QED) is 0.820. The minimum absolute atomic E-state index is 0.621. The molecule has 1 aliphatic carbocycles. The van der Waals surface area contributed by atoms with Crippen LogP contribution in [0.25, 0.3) is 0 Å². The molecule has 84 valence electrons. The SMILES string of the molecule is Cc1nnc(CCN)n1C1CCCCC1. The van der Waals surface area contributed by atoms with Crippen LogP contribution in [0.15, 0.2) is 0 Å². The van der Waals surface area contributed by atoms with Gasteiger partial charge in [0, 0.05) is 12.5 Å². The molecule has 0 amide bonds. The molecule has 0 aromatic carbocycles. The van der Waals surface area contributed by atoms with Gasteiger partial charge in [-0.3, -0.25) is 0 Å². The molecule has 15 heavy (non-hydrogen) atoms. The Bertz CT molecular complexity index is 312. The van der Waals surface area contributed by atoms with Gasteiger partial charge in [0.15, 0.2) is 0 Å². The molecule has 1 heterocycles. The molecule has 0 bridgehead atoms. The second-order valence-corrected chi connectivity index (χ2v) is 4.36. The van der Waals surface area contributed by atoms with Gasteiger partial charge >= 0.3 is 0 Å². The predicted molar refractivity (Wildman–Crippen MR) is 59.6 cm³/mol. The Kier molecular flexibility index (Phi) is 3.36. The lowest BCUT2D eigenvalue weighted by molar-refractivity contribution is 0.341. The van der Waals surface area contributed by atoms with Gasteiger partial charge in [-0.1, -0.05) is 19.3 Å². The van der Waals surface area contributed by atoms with E-state index in [2.05, 4.69) is 14.8 Å². The summed E-state index contributed by atoms with van der Waals surface area (Å²) in [6.07, 6.45) is 7.45. The van der Waals surface area contributed by atoms with E-state index in [4.69, 9.17) is 5.73 Å². The average molecular weight is 208 g/mol. The molecule has 1 aliphatic rings.